The van der Waals surface area contributed by atoms with Gasteiger partial charge in [-0.15, -0.1) is 5.06 Å². The second kappa shape index (κ2) is 4.66. The average Bonchev–Trinajstić information content (AvgIpc) is 2.04. The van der Waals surface area contributed by atoms with E-state index in [1.807, 2.05) is 0 Å². The van der Waals surface area contributed by atoms with Crippen molar-refractivity contribution < 1.29 is 9.63 Å². The number of hydrogen-bond acceptors (Lipinski definition) is 4. The van der Waals surface area contributed by atoms with Gasteiger partial charge in [-0.05, 0) is 0 Å². The molecule has 1 aliphatic rings. The van der Waals surface area contributed by atoms with E-state index in [0.29, 0.717) is 13.1 Å². The molecular formula is C6H9Cl3N2O2. The van der Waals surface area contributed by atoms with Crippen LogP contribution in [-0.4, -0.2) is 41.0 Å². The summed E-state index contributed by atoms with van der Waals surface area (Å²) < 4.78 is -2.00. The molecule has 1 fully saturated rings. The minimum Gasteiger partial charge on any atom is -0.364 e. The van der Waals surface area contributed by atoms with Crippen molar-refractivity contribution in [3.05, 3.63) is 0 Å². The Balaban J connectivity index is 2.35. The lowest BCUT2D eigenvalue weighted by atomic mass is 10.4. The van der Waals surface area contributed by atoms with Crippen LogP contribution in [0.4, 0.5) is 0 Å². The van der Waals surface area contributed by atoms with Crippen molar-refractivity contribution in [2.45, 2.75) is 3.79 Å². The van der Waals surface area contributed by atoms with Gasteiger partial charge in [-0.25, -0.2) is 4.79 Å². The first-order chi connectivity index (χ1) is 6.00. The molecule has 1 saturated heterocycles. The van der Waals surface area contributed by atoms with Crippen LogP contribution in [0.25, 0.3) is 0 Å². The molecule has 0 saturated carbocycles. The van der Waals surface area contributed by atoms with Gasteiger partial charge < -0.3 is 10.2 Å². The van der Waals surface area contributed by atoms with Gasteiger partial charge in [-0.3, -0.25) is 0 Å². The summed E-state index contributed by atoms with van der Waals surface area (Å²) in [5.41, 5.74) is 0. The molecule has 76 valence electrons. The zero-order valence-electron chi connectivity index (χ0n) is 6.73. The molecule has 1 rings (SSSR count). The summed E-state index contributed by atoms with van der Waals surface area (Å²) >= 11 is 16.0. The van der Waals surface area contributed by atoms with Gasteiger partial charge in [-0.2, -0.15) is 0 Å². The fourth-order valence-electron chi connectivity index (χ4n) is 0.905. The highest BCUT2D eigenvalue weighted by Gasteiger charge is 2.34. The molecule has 0 atom stereocenters. The number of nitrogens with one attached hydrogen (secondary N) is 1. The summed E-state index contributed by atoms with van der Waals surface area (Å²) in [5, 5.41) is 4.57. The zero-order chi connectivity index (χ0) is 9.90. The monoisotopic (exact) mass is 246 g/mol. The lowest BCUT2D eigenvalue weighted by Crippen LogP contribution is -2.45. The minimum absolute atomic E-state index is 0.604. The Morgan fingerprint density at radius 1 is 1.31 bits per heavy atom. The maximum absolute atomic E-state index is 11.1. The van der Waals surface area contributed by atoms with E-state index in [4.69, 9.17) is 39.6 Å². The largest absolute Gasteiger partial charge is 0.377 e. The van der Waals surface area contributed by atoms with Crippen LogP contribution in [0.3, 0.4) is 0 Å². The topological polar surface area (TPSA) is 41.6 Å². The Labute approximate surface area is 91.0 Å². The second-order valence-corrected chi connectivity index (χ2v) is 4.84. The van der Waals surface area contributed by atoms with E-state index in [0.717, 1.165) is 13.1 Å². The highest BCUT2D eigenvalue weighted by atomic mass is 35.6. The predicted octanol–water partition coefficient (Wildman–Crippen LogP) is 0.720. The minimum atomic E-state index is -2.00. The first-order valence-corrected chi connectivity index (χ1v) is 4.88. The Morgan fingerprint density at radius 2 is 1.85 bits per heavy atom. The summed E-state index contributed by atoms with van der Waals surface area (Å²) in [6, 6.07) is 0. The maximum Gasteiger partial charge on any atom is 0.377 e. The first-order valence-electron chi connectivity index (χ1n) is 3.75. The number of carbonyl (C=O) groups excluding carboxylic acids is 1. The lowest BCUT2D eigenvalue weighted by Gasteiger charge is -2.26. The lowest BCUT2D eigenvalue weighted by molar-refractivity contribution is -0.191. The number of alkyl halides is 3. The van der Waals surface area contributed by atoms with Gasteiger partial charge in [0.25, 0.3) is 3.79 Å². The summed E-state index contributed by atoms with van der Waals surface area (Å²) in [5.74, 6) is -0.862. The van der Waals surface area contributed by atoms with Crippen molar-refractivity contribution in [2.24, 2.45) is 0 Å². The zero-order valence-corrected chi connectivity index (χ0v) is 8.99. The SMILES string of the molecule is O=C(ON1CCNCC1)C(Cl)(Cl)Cl. The molecule has 0 unspecified atom stereocenters. The number of piperazine rings is 1. The molecule has 1 aliphatic heterocycles. The van der Waals surface area contributed by atoms with Crippen LogP contribution >= 0.6 is 34.8 Å². The van der Waals surface area contributed by atoms with Crippen LogP contribution in [0.1, 0.15) is 0 Å². The molecule has 0 radical (unpaired) electrons. The second-order valence-electron chi connectivity index (χ2n) is 2.56. The molecule has 0 aromatic rings. The van der Waals surface area contributed by atoms with Crippen LogP contribution in [0.5, 0.6) is 0 Å². The Hall–Kier alpha value is 0.260. The van der Waals surface area contributed by atoms with E-state index in [1.165, 1.54) is 5.06 Å². The van der Waals surface area contributed by atoms with E-state index in [2.05, 4.69) is 5.32 Å². The molecule has 0 bridgehead atoms. The molecule has 0 amide bonds. The maximum atomic E-state index is 11.1. The van der Waals surface area contributed by atoms with E-state index in [9.17, 15) is 4.79 Å². The van der Waals surface area contributed by atoms with Crippen molar-refractivity contribution in [3.63, 3.8) is 0 Å². The van der Waals surface area contributed by atoms with Crippen molar-refractivity contribution in [2.75, 3.05) is 26.2 Å². The average molecular weight is 248 g/mol. The van der Waals surface area contributed by atoms with Gasteiger partial charge >= 0.3 is 5.97 Å². The summed E-state index contributed by atoms with van der Waals surface area (Å²) in [6.07, 6.45) is 0. The Bertz CT molecular complexity index is 189. The number of rotatable bonds is 1. The summed E-state index contributed by atoms with van der Waals surface area (Å²) in [4.78, 5) is 15.9. The molecule has 1 N–H and O–H groups in total. The third-order valence-electron chi connectivity index (χ3n) is 1.52. The van der Waals surface area contributed by atoms with Gasteiger partial charge in [0.1, 0.15) is 0 Å². The number of carbonyl (C=O) groups is 1. The first kappa shape index (κ1) is 11.3. The fourth-order valence-corrected chi connectivity index (χ4v) is 1.01. The molecule has 1 heterocycles. The number of nitrogens with zero attached hydrogens (tertiary/aromatic N) is 1. The Morgan fingerprint density at radius 3 is 2.31 bits per heavy atom. The standard InChI is InChI=1S/C6H9Cl3N2O2/c7-6(8,9)5(12)13-11-3-1-10-2-4-11/h10H,1-4H2. The van der Waals surface area contributed by atoms with Crippen molar-refractivity contribution in [3.8, 4) is 0 Å². The summed E-state index contributed by atoms with van der Waals surface area (Å²) in [6.45, 7) is 2.72. The third-order valence-corrected chi connectivity index (χ3v) is 1.98. The Kier molecular flexibility index (Phi) is 4.06. The van der Waals surface area contributed by atoms with Crippen LogP contribution in [0, 0.1) is 0 Å². The van der Waals surface area contributed by atoms with E-state index < -0.39 is 9.76 Å². The van der Waals surface area contributed by atoms with Gasteiger partial charge in [-0.1, -0.05) is 34.8 Å². The van der Waals surface area contributed by atoms with Crippen LogP contribution in [0.2, 0.25) is 0 Å². The van der Waals surface area contributed by atoms with E-state index >= 15 is 0 Å². The third kappa shape index (κ3) is 3.87. The quantitative estimate of drug-likeness (QED) is 0.694. The van der Waals surface area contributed by atoms with Crippen LogP contribution < -0.4 is 5.32 Å². The highest BCUT2D eigenvalue weighted by Crippen LogP contribution is 2.27. The molecule has 13 heavy (non-hydrogen) atoms. The van der Waals surface area contributed by atoms with E-state index in [1.54, 1.807) is 0 Å². The molecule has 0 spiro atoms. The predicted molar refractivity (Wildman–Crippen MR) is 50.8 cm³/mol. The van der Waals surface area contributed by atoms with Gasteiger partial charge in [0.05, 0.1) is 0 Å². The van der Waals surface area contributed by atoms with Gasteiger partial charge in [0.2, 0.25) is 0 Å². The van der Waals surface area contributed by atoms with Crippen LogP contribution in [-0.2, 0) is 9.63 Å². The number of hydrogen-bond donors (Lipinski definition) is 1. The normalized spacial score (nSPS) is 19.9. The fraction of sp³-hybridized carbons (Fsp3) is 0.833. The molecule has 0 aromatic carbocycles. The van der Waals surface area contributed by atoms with Crippen LogP contribution in [0.15, 0.2) is 0 Å². The van der Waals surface area contributed by atoms with E-state index in [-0.39, 0.29) is 0 Å². The molecule has 0 aromatic heterocycles. The van der Waals surface area contributed by atoms with Gasteiger partial charge in [0.15, 0.2) is 0 Å². The smallest absolute Gasteiger partial charge is 0.364 e. The molecule has 0 aliphatic carbocycles. The number of hydroxylamine groups is 2. The number of halogens is 3. The van der Waals surface area contributed by atoms with Crippen molar-refractivity contribution in [1.82, 2.24) is 10.4 Å². The van der Waals surface area contributed by atoms with Crippen molar-refractivity contribution in [1.29, 1.82) is 0 Å². The molecule has 7 heteroatoms. The molecule has 4 nitrogen and oxygen atoms in total. The van der Waals surface area contributed by atoms with Gasteiger partial charge in [0, 0.05) is 26.2 Å². The highest BCUT2D eigenvalue weighted by molar-refractivity contribution is 6.75. The van der Waals surface area contributed by atoms with Crippen molar-refractivity contribution >= 4 is 40.8 Å². The molecular weight excluding hydrogens is 238 g/mol. The summed E-state index contributed by atoms with van der Waals surface area (Å²) in [7, 11) is 0.